The highest BCUT2D eigenvalue weighted by Gasteiger charge is 2.44. The lowest BCUT2D eigenvalue weighted by molar-refractivity contribution is 0.0536. The average molecular weight is 1190 g/mol. The Balaban J connectivity index is 0.000000406. The average Bonchev–Trinajstić information content (AvgIpc) is 4.04. The van der Waals surface area contributed by atoms with E-state index >= 15 is 0 Å². The molecule has 6 saturated carbocycles. The van der Waals surface area contributed by atoms with Crippen molar-refractivity contribution in [3.8, 4) is 0 Å². The summed E-state index contributed by atoms with van der Waals surface area (Å²) in [6.07, 6.45) is 55.3. The van der Waals surface area contributed by atoms with Crippen LogP contribution >= 0.6 is 61.0 Å². The summed E-state index contributed by atoms with van der Waals surface area (Å²) < 4.78 is 38.2. The molecule has 0 aromatic carbocycles. The predicted molar refractivity (Wildman–Crippen MR) is 342 cm³/mol. The van der Waals surface area contributed by atoms with E-state index < -0.39 is 0 Å². The highest BCUT2D eigenvalue weighted by molar-refractivity contribution is 7.10. The van der Waals surface area contributed by atoms with Gasteiger partial charge < -0.3 is 33.4 Å². The minimum absolute atomic E-state index is 0. The Morgan fingerprint density at radius 3 is 1.33 bits per heavy atom. The maximum atomic E-state index is 10.6. The number of allylic oxidation sites excluding steroid dienone is 6. The van der Waals surface area contributed by atoms with E-state index in [1.807, 2.05) is 0 Å². The number of hydrogen-bond donors (Lipinski definition) is 3. The normalized spacial score (nSPS) is 32.9. The standard InChI is InChI=1S/C21H39ClO2P2.C21H37ClO2.C21H40O3P2.2H2/c1-2-3-4-5-9-12-17-18(21(24-26)15-19(17)22)13-14-20(23-25)16-10-7-6-8-11-16;1-2-3-4-5-9-12-17-18(21(24)15-19(17)22)13-14-20(23)16-10-7-6-8-11-16;1-2-3-4-5-9-12-17-18(21(24-26)15-19(17)22)13-14-20(23-25)16-10-7-6-8-11-16;;/h5,9,16-21H,2-4,6-8,10-15,25-26H2,1H3;5,9,16-21,23-24H,2-4,6-8,10-15H2,1H3;5,9,16-22H,2-4,6-8,10-15,25-26H2,1H3;2*1H/b3*9-5-;;/t2*17-,18-,19-,20-,21-;17-,18-,19+,20-,21-;;/m111../s1/i26T;;26T;2*1+2/t17-,18-,19-,20-,21-,26?;;17-,18-,19+,20-,21-,26?;;. The van der Waals surface area contributed by atoms with Crippen molar-refractivity contribution in [3.63, 3.8) is 0 Å². The molecule has 3 N–H and O–H groups in total. The fourth-order valence-corrected chi connectivity index (χ4v) is 16.8. The molecule has 7 nitrogen and oxygen atoms in total. The number of aliphatic hydroxyl groups is 3. The van der Waals surface area contributed by atoms with Gasteiger partial charge in [0.05, 0.1) is 45.3 Å². The Labute approximate surface area is 492 Å². The number of alkyl halides is 2. The van der Waals surface area contributed by atoms with Crippen LogP contribution in [0.1, 0.15) is 255 Å². The van der Waals surface area contributed by atoms with E-state index in [2.05, 4.69) is 76.2 Å². The van der Waals surface area contributed by atoms with Crippen molar-refractivity contribution in [3.05, 3.63) is 36.5 Å². The quantitative estimate of drug-likeness (QED) is 0.0261. The molecular weight excluding hydrogens is 1060 g/mol. The topological polar surface area (TPSA) is 97.6 Å². The van der Waals surface area contributed by atoms with Crippen LogP contribution in [0.4, 0.5) is 0 Å². The van der Waals surface area contributed by atoms with Crippen LogP contribution in [0.5, 0.6) is 0 Å². The first-order valence-corrected chi connectivity index (χ1v) is 34.3. The molecule has 76 heavy (non-hydrogen) atoms. The summed E-state index contributed by atoms with van der Waals surface area (Å²) in [5, 5.41) is 31.8. The van der Waals surface area contributed by atoms with Crippen LogP contribution in [0, 0.1) is 53.3 Å². The van der Waals surface area contributed by atoms with Crippen LogP contribution in [-0.4, -0.2) is 71.4 Å². The van der Waals surface area contributed by atoms with Gasteiger partial charge in [0.2, 0.25) is 0 Å². The second-order valence-electron chi connectivity index (χ2n) is 24.6. The molecule has 448 valence electrons. The predicted octanol–water partition coefficient (Wildman–Crippen LogP) is 18.8. The maximum Gasteiger partial charge on any atom is 0.0851 e. The lowest BCUT2D eigenvalue weighted by Gasteiger charge is -2.31. The van der Waals surface area contributed by atoms with E-state index in [0.717, 1.165) is 77.0 Å². The molecule has 0 saturated heterocycles. The number of aliphatic hydroxyl groups excluding tert-OH is 3. The summed E-state index contributed by atoms with van der Waals surface area (Å²) in [5.41, 5.74) is 0. The van der Waals surface area contributed by atoms with E-state index in [1.165, 1.54) is 141 Å². The maximum absolute atomic E-state index is 10.6. The first-order chi connectivity index (χ1) is 38.0. The molecule has 6 aliphatic carbocycles. The van der Waals surface area contributed by atoms with Gasteiger partial charge in [-0.2, -0.15) is 0 Å². The smallest absolute Gasteiger partial charge is 0.0851 e. The molecule has 0 bridgehead atoms. The molecule has 0 aromatic heterocycles. The zero-order chi connectivity index (χ0) is 56.3. The second-order valence-corrected chi connectivity index (χ2v) is 26.7. The van der Waals surface area contributed by atoms with Gasteiger partial charge in [-0.25, -0.2) is 0 Å². The first kappa shape index (κ1) is 66.4. The highest BCUT2D eigenvalue weighted by Crippen LogP contribution is 2.46. The summed E-state index contributed by atoms with van der Waals surface area (Å²) in [6, 6.07) is 0. The van der Waals surface area contributed by atoms with Crippen LogP contribution in [0.2, 0.25) is 0 Å². The molecule has 0 spiro atoms. The van der Waals surface area contributed by atoms with Crippen molar-refractivity contribution >= 4 is 61.0 Å². The number of unbranched alkanes of at least 4 members (excludes halogenated alkanes) is 6. The summed E-state index contributed by atoms with van der Waals surface area (Å²) in [6.45, 7) is 6.66. The van der Waals surface area contributed by atoms with E-state index in [4.69, 9.17) is 43.9 Å². The Bertz CT molecular complexity index is 1490. The summed E-state index contributed by atoms with van der Waals surface area (Å²) >= 11 is 13.2. The van der Waals surface area contributed by atoms with Crippen molar-refractivity contribution in [2.75, 3.05) is 0 Å². The zero-order valence-electron chi connectivity index (χ0n) is 50.2. The van der Waals surface area contributed by atoms with Crippen molar-refractivity contribution < 1.29 is 36.3 Å². The van der Waals surface area contributed by atoms with E-state index in [1.54, 1.807) is 0 Å². The lowest BCUT2D eigenvalue weighted by Crippen LogP contribution is -2.27. The second kappa shape index (κ2) is 42.1. The molecule has 6 rings (SSSR count). The third-order valence-corrected chi connectivity index (χ3v) is 21.7. The molecule has 0 aromatic rings. The molecule has 19 atom stereocenters. The Hall–Kier alpha value is 1.24. The minimum atomic E-state index is -0.308. The van der Waals surface area contributed by atoms with Gasteiger partial charge in [0.15, 0.2) is 0 Å². The summed E-state index contributed by atoms with van der Waals surface area (Å²) in [5.74, 6) is 3.97. The van der Waals surface area contributed by atoms with Crippen molar-refractivity contribution in [2.45, 2.75) is 305 Å². The molecular formula is C63H120Cl2O7P4. The van der Waals surface area contributed by atoms with Crippen molar-refractivity contribution in [1.29, 1.82) is 2.56 Å². The number of halogens is 2. The van der Waals surface area contributed by atoms with Gasteiger partial charge in [0.25, 0.3) is 0 Å². The fourth-order valence-electron chi connectivity index (χ4n) is 14.6. The SMILES string of the molecule is CCCC/C=C\C[C@@H]1[C@@H](CC[C@@H](O)C2CCCCC2)[C@H](O)C[C@H]1Cl.[3HH].[3HH].[3H]PO[C@@H]1C[C@@H](Cl)[C@H](C/C=C\CCCC)[C@H]1CC[C@@H](OP)C1CCCCC1.[3H]PO[C@@H]1C[C@H](O)[C@H](C/C=C\CCCC)[C@H]1CC[C@@H](OP)C1CCCCC1. The monoisotopic (exact) mass is 1190 g/mol. The Morgan fingerprint density at radius 2 is 0.882 bits per heavy atom. The molecule has 0 heterocycles. The van der Waals surface area contributed by atoms with Crippen LogP contribution in [-0.2, 0) is 18.1 Å². The lowest BCUT2D eigenvalue weighted by atomic mass is 9.80. The van der Waals surface area contributed by atoms with Gasteiger partial charge in [-0.1, -0.05) is 154 Å². The van der Waals surface area contributed by atoms with Gasteiger partial charge in [-0.05, 0) is 182 Å². The van der Waals surface area contributed by atoms with Crippen molar-refractivity contribution in [2.24, 2.45) is 53.3 Å². The van der Waals surface area contributed by atoms with Gasteiger partial charge >= 0.3 is 0 Å². The third kappa shape index (κ3) is 24.8. The van der Waals surface area contributed by atoms with Gasteiger partial charge in [0.1, 0.15) is 0 Å². The molecule has 0 amide bonds. The van der Waals surface area contributed by atoms with Crippen LogP contribution in [0.15, 0.2) is 36.5 Å². The third-order valence-electron chi connectivity index (χ3n) is 19.4. The Morgan fingerprint density at radius 1 is 0.500 bits per heavy atom. The Kier molecular flexibility index (Phi) is 36.8. The molecule has 6 fully saturated rings. The molecule has 6 aliphatic rings. The minimum Gasteiger partial charge on any atom is -0.393 e. The zero-order valence-corrected chi connectivity index (χ0v) is 54.0. The first-order valence-electron chi connectivity index (χ1n) is 32.7. The molecule has 0 radical (unpaired) electrons. The number of rotatable bonds is 33. The molecule has 0 aliphatic heterocycles. The molecule has 4 unspecified atom stereocenters. The van der Waals surface area contributed by atoms with E-state index in [9.17, 15) is 15.3 Å². The van der Waals surface area contributed by atoms with Crippen LogP contribution in [0.3, 0.4) is 0 Å². The van der Waals surface area contributed by atoms with E-state index in [0.29, 0.717) is 66.5 Å². The van der Waals surface area contributed by atoms with Crippen molar-refractivity contribution in [1.82, 2.24) is 0 Å². The summed E-state index contributed by atoms with van der Waals surface area (Å²) in [7, 11) is 4.55. The highest BCUT2D eigenvalue weighted by atomic mass is 35.5. The molecule has 13 heteroatoms. The van der Waals surface area contributed by atoms with Crippen LogP contribution in [0.25, 0.3) is 0 Å². The van der Waals surface area contributed by atoms with E-state index in [-0.39, 0.29) is 74.8 Å². The fraction of sp³-hybridized carbons (Fsp3) is 0.905. The largest absolute Gasteiger partial charge is 0.393 e. The van der Waals surface area contributed by atoms with Gasteiger partial charge in [-0.15, -0.1) is 23.2 Å². The van der Waals surface area contributed by atoms with Gasteiger partial charge in [0, 0.05) is 57.8 Å². The number of hydrogen-bond acceptors (Lipinski definition) is 7. The van der Waals surface area contributed by atoms with Crippen LogP contribution < -0.4 is 0 Å². The summed E-state index contributed by atoms with van der Waals surface area (Å²) in [4.78, 5) is 0. The van der Waals surface area contributed by atoms with Gasteiger partial charge in [-0.3, -0.25) is 0 Å².